The van der Waals surface area contributed by atoms with Crippen LogP contribution in [0.3, 0.4) is 0 Å². The van der Waals surface area contributed by atoms with Gasteiger partial charge in [0.25, 0.3) is 0 Å². The van der Waals surface area contributed by atoms with Crippen LogP contribution in [0, 0.1) is 0 Å². The van der Waals surface area contributed by atoms with E-state index in [2.05, 4.69) is 102 Å². The summed E-state index contributed by atoms with van der Waals surface area (Å²) in [6.45, 7) is 0. The van der Waals surface area contributed by atoms with Crippen LogP contribution < -0.4 is 4.90 Å². The number of hydrogen-bond acceptors (Lipinski definition) is 3. The highest BCUT2D eigenvalue weighted by atomic mass is 15.4. The highest BCUT2D eigenvalue weighted by molar-refractivity contribution is 6.03. The first kappa shape index (κ1) is 23.6. The first-order valence-corrected chi connectivity index (χ1v) is 13.4. The minimum atomic E-state index is 0.697. The molecule has 0 aliphatic heterocycles. The molecule has 0 radical (unpaired) electrons. The Labute approximate surface area is 233 Å². The van der Waals surface area contributed by atoms with E-state index in [0.29, 0.717) is 5.82 Å². The molecule has 7 rings (SSSR count). The lowest BCUT2D eigenvalue weighted by Gasteiger charge is -2.27. The van der Waals surface area contributed by atoms with Crippen LogP contribution in [0.15, 0.2) is 158 Å². The number of benzene rings is 6. The predicted molar refractivity (Wildman–Crippen MR) is 164 cm³/mol. The first-order valence-electron chi connectivity index (χ1n) is 13.4. The molecule has 4 nitrogen and oxygen atoms in total. The Hall–Kier alpha value is -5.48. The van der Waals surface area contributed by atoms with Crippen molar-refractivity contribution in [2.24, 2.45) is 0 Å². The summed E-state index contributed by atoms with van der Waals surface area (Å²) in [5, 5.41) is 7.28. The molecular weight excluding hydrogens is 488 g/mol. The fourth-order valence-corrected chi connectivity index (χ4v) is 5.19. The molecule has 0 aliphatic carbocycles. The maximum Gasteiger partial charge on any atom is 0.182 e. The average Bonchev–Trinajstić information content (AvgIpc) is 3.49. The van der Waals surface area contributed by atoms with E-state index in [4.69, 9.17) is 10.1 Å². The summed E-state index contributed by atoms with van der Waals surface area (Å²) in [5.41, 5.74) is 6.28. The summed E-state index contributed by atoms with van der Waals surface area (Å²) in [4.78, 5) is 7.33. The minimum Gasteiger partial charge on any atom is -0.310 e. The molecule has 6 aromatic carbocycles. The molecule has 0 saturated carbocycles. The average molecular weight is 515 g/mol. The van der Waals surface area contributed by atoms with Crippen molar-refractivity contribution in [3.05, 3.63) is 158 Å². The van der Waals surface area contributed by atoms with E-state index < -0.39 is 0 Å². The predicted octanol–water partition coefficient (Wildman–Crippen LogP) is 9.22. The van der Waals surface area contributed by atoms with Crippen molar-refractivity contribution in [1.29, 1.82) is 0 Å². The van der Waals surface area contributed by atoms with E-state index >= 15 is 0 Å². The lowest BCUT2D eigenvalue weighted by molar-refractivity contribution is 0.898. The van der Waals surface area contributed by atoms with Crippen LogP contribution >= 0.6 is 0 Å². The first-order chi connectivity index (χ1) is 19.9. The fraction of sp³-hybridized carbons (Fsp3) is 0. The summed E-state index contributed by atoms with van der Waals surface area (Å²) in [6.07, 6.45) is 0. The van der Waals surface area contributed by atoms with E-state index in [1.54, 1.807) is 0 Å². The largest absolute Gasteiger partial charge is 0.310 e. The van der Waals surface area contributed by atoms with Crippen molar-refractivity contribution in [3.63, 3.8) is 0 Å². The van der Waals surface area contributed by atoms with Crippen LogP contribution in [0.2, 0.25) is 0 Å². The molecule has 1 heterocycles. The van der Waals surface area contributed by atoms with Crippen LogP contribution in [0.1, 0.15) is 0 Å². The minimum absolute atomic E-state index is 0.697. The molecule has 0 fully saturated rings. The number of para-hydroxylation sites is 2. The van der Waals surface area contributed by atoms with Gasteiger partial charge in [-0.15, -0.1) is 5.10 Å². The third-order valence-corrected chi connectivity index (χ3v) is 7.05. The van der Waals surface area contributed by atoms with E-state index in [-0.39, 0.29) is 0 Å². The number of rotatable bonds is 6. The van der Waals surface area contributed by atoms with Crippen molar-refractivity contribution < 1.29 is 0 Å². The second-order valence-electron chi connectivity index (χ2n) is 9.56. The monoisotopic (exact) mass is 514 g/mol. The molecule has 0 amide bonds. The zero-order valence-corrected chi connectivity index (χ0v) is 21.8. The van der Waals surface area contributed by atoms with Gasteiger partial charge in [-0.1, -0.05) is 121 Å². The molecule has 4 heteroatoms. The molecule has 0 aliphatic rings. The molecule has 1 aromatic heterocycles. The van der Waals surface area contributed by atoms with Gasteiger partial charge in [-0.2, -0.15) is 0 Å². The van der Waals surface area contributed by atoms with Gasteiger partial charge in [0.15, 0.2) is 11.6 Å². The highest BCUT2D eigenvalue weighted by Crippen LogP contribution is 2.41. The normalized spacial score (nSPS) is 11.0. The molecule has 7 aromatic rings. The highest BCUT2D eigenvalue weighted by Gasteiger charge is 2.20. The van der Waals surface area contributed by atoms with Crippen LogP contribution in [-0.2, 0) is 0 Å². The van der Waals surface area contributed by atoms with Gasteiger partial charge in [-0.25, -0.2) is 9.67 Å². The van der Waals surface area contributed by atoms with Gasteiger partial charge in [0.1, 0.15) is 0 Å². The Bertz CT molecular complexity index is 1840. The quantitative estimate of drug-likeness (QED) is 0.222. The summed E-state index contributed by atoms with van der Waals surface area (Å²) >= 11 is 0. The van der Waals surface area contributed by atoms with E-state index in [9.17, 15) is 0 Å². The van der Waals surface area contributed by atoms with Gasteiger partial charge in [-0.05, 0) is 36.4 Å². The van der Waals surface area contributed by atoms with Crippen LogP contribution in [-0.4, -0.2) is 14.8 Å². The van der Waals surface area contributed by atoms with Crippen LogP contribution in [0.5, 0.6) is 0 Å². The number of fused-ring (bicyclic) bond motifs is 1. The number of nitrogens with zero attached hydrogens (tertiary/aromatic N) is 4. The van der Waals surface area contributed by atoms with E-state index in [1.165, 1.54) is 0 Å². The summed E-state index contributed by atoms with van der Waals surface area (Å²) in [7, 11) is 0. The summed E-state index contributed by atoms with van der Waals surface area (Å²) in [6, 6.07) is 54.3. The van der Waals surface area contributed by atoms with Gasteiger partial charge in [0.2, 0.25) is 0 Å². The maximum atomic E-state index is 5.06. The third-order valence-electron chi connectivity index (χ3n) is 7.05. The van der Waals surface area contributed by atoms with Crippen molar-refractivity contribution in [2.45, 2.75) is 0 Å². The van der Waals surface area contributed by atoms with Crippen molar-refractivity contribution in [3.8, 4) is 28.5 Å². The topological polar surface area (TPSA) is 34.0 Å². The van der Waals surface area contributed by atoms with Crippen LogP contribution in [0.4, 0.5) is 17.1 Å². The van der Waals surface area contributed by atoms with Crippen LogP contribution in [0.25, 0.3) is 39.2 Å². The molecular formula is C36H26N4. The van der Waals surface area contributed by atoms with E-state index in [0.717, 1.165) is 50.5 Å². The SMILES string of the molecule is c1ccc(-c2nc(-c3ccccc3)n(-c3ccc(N(c4ccccc4)c4ccccc4)c4ccccc34)n2)cc1. The summed E-state index contributed by atoms with van der Waals surface area (Å²) in [5.74, 6) is 1.50. The Balaban J connectivity index is 1.46. The van der Waals surface area contributed by atoms with Crippen molar-refractivity contribution >= 4 is 27.8 Å². The zero-order valence-electron chi connectivity index (χ0n) is 21.8. The molecule has 0 spiro atoms. The molecule has 0 bridgehead atoms. The summed E-state index contributed by atoms with van der Waals surface area (Å²) < 4.78 is 1.99. The van der Waals surface area contributed by atoms with Gasteiger partial charge >= 0.3 is 0 Å². The number of anilines is 3. The second kappa shape index (κ2) is 10.4. The number of hydrogen-bond donors (Lipinski definition) is 0. The van der Waals surface area contributed by atoms with E-state index in [1.807, 2.05) is 65.3 Å². The Morgan fingerprint density at radius 2 is 0.950 bits per heavy atom. The lowest BCUT2D eigenvalue weighted by atomic mass is 10.0. The lowest BCUT2D eigenvalue weighted by Crippen LogP contribution is -2.11. The fourth-order valence-electron chi connectivity index (χ4n) is 5.19. The van der Waals surface area contributed by atoms with Crippen molar-refractivity contribution in [2.75, 3.05) is 4.90 Å². The second-order valence-corrected chi connectivity index (χ2v) is 9.56. The molecule has 0 N–H and O–H groups in total. The number of aromatic nitrogens is 3. The van der Waals surface area contributed by atoms with Crippen molar-refractivity contribution in [1.82, 2.24) is 14.8 Å². The Morgan fingerprint density at radius 1 is 0.450 bits per heavy atom. The smallest absolute Gasteiger partial charge is 0.182 e. The third kappa shape index (κ3) is 4.32. The molecule has 0 saturated heterocycles. The maximum absolute atomic E-state index is 5.06. The molecule has 190 valence electrons. The molecule has 0 atom stereocenters. The van der Waals surface area contributed by atoms with Gasteiger partial charge in [0.05, 0.1) is 11.4 Å². The Morgan fingerprint density at radius 3 is 1.55 bits per heavy atom. The zero-order chi connectivity index (χ0) is 26.7. The Kier molecular flexibility index (Phi) is 6.11. The van der Waals surface area contributed by atoms with Gasteiger partial charge in [-0.3, -0.25) is 0 Å². The van der Waals surface area contributed by atoms with Gasteiger partial charge in [0, 0.05) is 33.3 Å². The van der Waals surface area contributed by atoms with Gasteiger partial charge < -0.3 is 4.90 Å². The molecule has 0 unspecified atom stereocenters. The standard InChI is InChI=1S/C36H26N4/c1-5-15-27(16-6-1)35-37-36(28-17-7-2-8-18-28)40(38-35)34-26-25-33(31-23-13-14-24-32(31)34)39(29-19-9-3-10-20-29)30-21-11-4-12-22-30/h1-26H. The molecule has 40 heavy (non-hydrogen) atoms.